The molecule has 1 aromatic carbocycles. The van der Waals surface area contributed by atoms with Crippen LogP contribution in [-0.4, -0.2) is 72.5 Å². The number of hydrogen-bond donors (Lipinski definition) is 1. The highest BCUT2D eigenvalue weighted by Gasteiger charge is 2.45. The van der Waals surface area contributed by atoms with Crippen LogP contribution in [0.25, 0.3) is 10.9 Å². The van der Waals surface area contributed by atoms with Crippen LogP contribution in [0.3, 0.4) is 0 Å². The number of carbonyl (C=O) groups excluding carboxylic acids is 2. The van der Waals surface area contributed by atoms with E-state index in [0.29, 0.717) is 25.4 Å². The van der Waals surface area contributed by atoms with Gasteiger partial charge in [0.2, 0.25) is 11.8 Å². The number of aromatic amines is 1. The molecule has 2 aromatic heterocycles. The predicted molar refractivity (Wildman–Crippen MR) is 105 cm³/mol. The molecule has 2 atom stereocenters. The number of carbonyl (C=O) groups is 2. The van der Waals surface area contributed by atoms with Crippen molar-refractivity contribution in [3.63, 3.8) is 0 Å². The standard InChI is InChI=1S/C20H23N7O2/c1-13-16(15-4-2-3-5-17(15)22-13)8-19(28)25-7-6-18-14(9-25)10-27(18)20(29)11-26-12-21-23-24-26/h2-5,12,14,18,22H,6-11H2,1H3/t14-,18-/m0/s1. The Morgan fingerprint density at radius 3 is 2.86 bits per heavy atom. The van der Waals surface area contributed by atoms with Gasteiger partial charge in [-0.2, -0.15) is 0 Å². The van der Waals surface area contributed by atoms with Gasteiger partial charge in [0.1, 0.15) is 12.9 Å². The summed E-state index contributed by atoms with van der Waals surface area (Å²) in [6.45, 7) is 4.30. The normalized spacial score (nSPS) is 21.1. The summed E-state index contributed by atoms with van der Waals surface area (Å²) in [5, 5.41) is 12.0. The van der Waals surface area contributed by atoms with Crippen molar-refractivity contribution in [1.29, 1.82) is 0 Å². The van der Waals surface area contributed by atoms with Gasteiger partial charge in [0, 0.05) is 48.2 Å². The van der Waals surface area contributed by atoms with Gasteiger partial charge in [0.15, 0.2) is 0 Å². The van der Waals surface area contributed by atoms with Crippen LogP contribution >= 0.6 is 0 Å². The zero-order valence-corrected chi connectivity index (χ0v) is 16.3. The van der Waals surface area contributed by atoms with E-state index in [-0.39, 0.29) is 24.4 Å². The van der Waals surface area contributed by atoms with E-state index in [2.05, 4.69) is 26.6 Å². The lowest BCUT2D eigenvalue weighted by Gasteiger charge is -2.53. The number of nitrogens with zero attached hydrogens (tertiary/aromatic N) is 6. The van der Waals surface area contributed by atoms with Crippen molar-refractivity contribution in [1.82, 2.24) is 35.0 Å². The number of nitrogens with one attached hydrogen (secondary N) is 1. The molecule has 3 aromatic rings. The fourth-order valence-corrected chi connectivity index (χ4v) is 4.68. The number of hydrogen-bond acceptors (Lipinski definition) is 5. The number of likely N-dealkylation sites (tertiary alicyclic amines) is 2. The monoisotopic (exact) mass is 393 g/mol. The lowest BCUT2D eigenvalue weighted by molar-refractivity contribution is -0.152. The number of amides is 2. The predicted octanol–water partition coefficient (Wildman–Crippen LogP) is 0.765. The van der Waals surface area contributed by atoms with Crippen molar-refractivity contribution >= 4 is 22.7 Å². The lowest BCUT2D eigenvalue weighted by Crippen LogP contribution is -2.66. The van der Waals surface area contributed by atoms with Crippen molar-refractivity contribution in [3.8, 4) is 0 Å². The van der Waals surface area contributed by atoms with E-state index in [1.807, 2.05) is 34.9 Å². The van der Waals surface area contributed by atoms with E-state index in [4.69, 9.17) is 0 Å². The van der Waals surface area contributed by atoms with Crippen LogP contribution in [0, 0.1) is 12.8 Å². The molecular formula is C20H23N7O2. The fourth-order valence-electron chi connectivity index (χ4n) is 4.68. The average Bonchev–Trinajstić information content (AvgIpc) is 3.30. The van der Waals surface area contributed by atoms with Crippen LogP contribution in [0.2, 0.25) is 0 Å². The Bertz CT molecular complexity index is 1060. The SMILES string of the molecule is Cc1[nH]c2ccccc2c1CC(=O)N1CC[C@H]2[C@@H](C1)CN2C(=O)Cn1cnnn1. The number of benzene rings is 1. The summed E-state index contributed by atoms with van der Waals surface area (Å²) in [6.07, 6.45) is 2.68. The van der Waals surface area contributed by atoms with Gasteiger partial charge in [-0.25, -0.2) is 4.68 Å². The second-order valence-corrected chi connectivity index (χ2v) is 7.96. The summed E-state index contributed by atoms with van der Waals surface area (Å²) in [5.41, 5.74) is 3.21. The molecule has 2 fully saturated rings. The van der Waals surface area contributed by atoms with Gasteiger partial charge in [-0.1, -0.05) is 18.2 Å². The van der Waals surface area contributed by atoms with Crippen LogP contribution in [0.4, 0.5) is 0 Å². The minimum Gasteiger partial charge on any atom is -0.358 e. The smallest absolute Gasteiger partial charge is 0.244 e. The molecule has 0 saturated carbocycles. The number of rotatable bonds is 4. The van der Waals surface area contributed by atoms with Gasteiger partial charge in [-0.15, -0.1) is 5.10 Å². The fraction of sp³-hybridized carbons (Fsp3) is 0.450. The summed E-state index contributed by atoms with van der Waals surface area (Å²) >= 11 is 0. The van der Waals surface area contributed by atoms with Gasteiger partial charge >= 0.3 is 0 Å². The zero-order valence-electron chi connectivity index (χ0n) is 16.3. The molecule has 2 amide bonds. The molecular weight excluding hydrogens is 370 g/mol. The van der Waals surface area contributed by atoms with Crippen LogP contribution < -0.4 is 0 Å². The Morgan fingerprint density at radius 2 is 2.07 bits per heavy atom. The van der Waals surface area contributed by atoms with E-state index in [9.17, 15) is 9.59 Å². The molecule has 2 aliphatic heterocycles. The minimum absolute atomic E-state index is 0.0349. The van der Waals surface area contributed by atoms with Crippen molar-refractivity contribution < 1.29 is 9.59 Å². The van der Waals surface area contributed by atoms with Crippen LogP contribution in [-0.2, 0) is 22.6 Å². The zero-order chi connectivity index (χ0) is 20.0. The molecule has 29 heavy (non-hydrogen) atoms. The largest absolute Gasteiger partial charge is 0.358 e. The molecule has 9 heteroatoms. The second-order valence-electron chi connectivity index (χ2n) is 7.96. The van der Waals surface area contributed by atoms with Crippen LogP contribution in [0.5, 0.6) is 0 Å². The van der Waals surface area contributed by atoms with Gasteiger partial charge < -0.3 is 14.8 Å². The first-order chi connectivity index (χ1) is 14.1. The first kappa shape index (κ1) is 17.8. The van der Waals surface area contributed by atoms with Crippen molar-refractivity contribution in [2.24, 2.45) is 5.92 Å². The topological polar surface area (TPSA) is 100 Å². The number of fused-ring (bicyclic) bond motifs is 2. The van der Waals surface area contributed by atoms with Gasteiger partial charge in [-0.05, 0) is 35.4 Å². The highest BCUT2D eigenvalue weighted by molar-refractivity contribution is 5.90. The lowest BCUT2D eigenvalue weighted by atomic mass is 9.82. The molecule has 0 unspecified atom stereocenters. The van der Waals surface area contributed by atoms with Crippen LogP contribution in [0.1, 0.15) is 17.7 Å². The number of para-hydroxylation sites is 1. The van der Waals surface area contributed by atoms with Gasteiger partial charge in [0.05, 0.1) is 6.42 Å². The molecule has 0 bridgehead atoms. The molecule has 2 saturated heterocycles. The second kappa shape index (κ2) is 6.98. The number of aromatic nitrogens is 5. The molecule has 150 valence electrons. The van der Waals surface area contributed by atoms with Gasteiger partial charge in [-0.3, -0.25) is 9.59 Å². The average molecular weight is 393 g/mol. The molecule has 5 rings (SSSR count). The number of tetrazole rings is 1. The number of piperidine rings is 1. The molecule has 2 aliphatic rings. The van der Waals surface area contributed by atoms with E-state index in [1.165, 1.54) is 11.0 Å². The molecule has 0 aliphatic carbocycles. The molecule has 0 spiro atoms. The third-order valence-electron chi connectivity index (χ3n) is 6.24. The third kappa shape index (κ3) is 3.16. The first-order valence-electron chi connectivity index (χ1n) is 9.94. The summed E-state index contributed by atoms with van der Waals surface area (Å²) < 4.78 is 1.44. The highest BCUT2D eigenvalue weighted by Crippen LogP contribution is 2.33. The van der Waals surface area contributed by atoms with Crippen molar-refractivity contribution in [3.05, 3.63) is 41.9 Å². The minimum atomic E-state index is 0.0349. The first-order valence-corrected chi connectivity index (χ1v) is 9.94. The summed E-state index contributed by atoms with van der Waals surface area (Å²) in [6, 6.07) is 8.32. The Kier molecular flexibility index (Phi) is 4.30. The Hall–Kier alpha value is -3.23. The Balaban J connectivity index is 1.20. The van der Waals surface area contributed by atoms with E-state index < -0.39 is 0 Å². The Morgan fingerprint density at radius 1 is 1.21 bits per heavy atom. The maximum absolute atomic E-state index is 13.0. The highest BCUT2D eigenvalue weighted by atomic mass is 16.2. The van der Waals surface area contributed by atoms with Gasteiger partial charge in [0.25, 0.3) is 0 Å². The molecule has 1 N–H and O–H groups in total. The third-order valence-corrected chi connectivity index (χ3v) is 6.24. The summed E-state index contributed by atoms with van der Waals surface area (Å²) in [7, 11) is 0. The quantitative estimate of drug-likeness (QED) is 0.706. The van der Waals surface area contributed by atoms with E-state index in [1.54, 1.807) is 0 Å². The molecule has 4 heterocycles. The van der Waals surface area contributed by atoms with E-state index in [0.717, 1.165) is 35.1 Å². The van der Waals surface area contributed by atoms with Crippen molar-refractivity contribution in [2.45, 2.75) is 32.4 Å². The number of H-pyrrole nitrogens is 1. The van der Waals surface area contributed by atoms with E-state index >= 15 is 0 Å². The maximum Gasteiger partial charge on any atom is 0.244 e. The molecule has 0 radical (unpaired) electrons. The molecule has 9 nitrogen and oxygen atoms in total. The van der Waals surface area contributed by atoms with Crippen LogP contribution in [0.15, 0.2) is 30.6 Å². The number of aryl methyl sites for hydroxylation is 1. The summed E-state index contributed by atoms with van der Waals surface area (Å²) in [5.74, 6) is 0.553. The van der Waals surface area contributed by atoms with Crippen molar-refractivity contribution in [2.75, 3.05) is 19.6 Å². The Labute approximate surface area is 167 Å². The summed E-state index contributed by atoms with van der Waals surface area (Å²) in [4.78, 5) is 32.7. The maximum atomic E-state index is 13.0.